The number of esters is 1. The van der Waals surface area contributed by atoms with Gasteiger partial charge in [-0.15, -0.1) is 0 Å². The van der Waals surface area contributed by atoms with E-state index in [1.807, 2.05) is 0 Å². The Balaban J connectivity index is 1.56. The van der Waals surface area contributed by atoms with E-state index in [1.165, 1.54) is 18.2 Å². The van der Waals surface area contributed by atoms with Crippen LogP contribution in [0.4, 0.5) is 10.1 Å². The zero-order chi connectivity index (χ0) is 17.8. The molecule has 130 valence electrons. The molecule has 5 nitrogen and oxygen atoms in total. The van der Waals surface area contributed by atoms with Crippen LogP contribution in [0.15, 0.2) is 42.5 Å². The number of carbonyl (C=O) groups is 2. The molecule has 7 heteroatoms. The number of carbonyl (C=O) groups excluding carboxylic acids is 2. The highest BCUT2D eigenvalue weighted by atomic mass is 35.5. The summed E-state index contributed by atoms with van der Waals surface area (Å²) in [6.45, 7) is 0.207. The molecule has 2 aromatic rings. The lowest BCUT2D eigenvalue weighted by Gasteiger charge is -2.24. The Morgan fingerprint density at radius 1 is 1.20 bits per heavy atom. The van der Waals surface area contributed by atoms with Crippen LogP contribution in [-0.4, -0.2) is 25.1 Å². The number of ether oxygens (including phenoxy) is 2. The number of fused-ring (bicyclic) bond motifs is 1. The maximum Gasteiger partial charge on any atom is 0.314 e. The van der Waals surface area contributed by atoms with Gasteiger partial charge < -0.3 is 14.8 Å². The summed E-state index contributed by atoms with van der Waals surface area (Å²) >= 11 is 5.78. The van der Waals surface area contributed by atoms with Gasteiger partial charge in [-0.3, -0.25) is 9.59 Å². The van der Waals surface area contributed by atoms with Crippen LogP contribution in [-0.2, 0) is 14.3 Å². The molecule has 1 atom stereocenters. The monoisotopic (exact) mass is 363 g/mol. The summed E-state index contributed by atoms with van der Waals surface area (Å²) in [5.41, 5.74) is 0.847. The van der Waals surface area contributed by atoms with Crippen molar-refractivity contribution in [3.63, 3.8) is 0 Å². The van der Waals surface area contributed by atoms with Crippen LogP contribution < -0.4 is 10.1 Å². The summed E-state index contributed by atoms with van der Waals surface area (Å²) in [6.07, 6.45) is -0.0322. The first-order chi connectivity index (χ1) is 12.0. The summed E-state index contributed by atoms with van der Waals surface area (Å²) < 4.78 is 23.9. The van der Waals surface area contributed by atoms with Gasteiger partial charge in [0.1, 0.15) is 24.8 Å². The number of nitrogens with one attached hydrogen (secondary N) is 1. The van der Waals surface area contributed by atoms with Crippen molar-refractivity contribution in [1.82, 2.24) is 0 Å². The number of anilines is 1. The first kappa shape index (κ1) is 17.2. The lowest BCUT2D eigenvalue weighted by atomic mass is 9.90. The Bertz CT molecular complexity index is 794. The fraction of sp³-hybridized carbons (Fsp3) is 0.222. The van der Waals surface area contributed by atoms with Crippen LogP contribution >= 0.6 is 11.6 Å². The summed E-state index contributed by atoms with van der Waals surface area (Å²) in [5.74, 6) is -1.51. The Labute approximate surface area is 148 Å². The number of hydrogen-bond acceptors (Lipinski definition) is 4. The molecule has 0 spiro atoms. The van der Waals surface area contributed by atoms with E-state index in [4.69, 9.17) is 21.1 Å². The SMILES string of the molecule is O=C1CC(C(=O)OCCOc2ccc(Cl)cc2)c2ccc(F)cc2N1. The van der Waals surface area contributed by atoms with Gasteiger partial charge in [0.15, 0.2) is 0 Å². The summed E-state index contributed by atoms with van der Waals surface area (Å²) in [7, 11) is 0. The number of hydrogen-bond donors (Lipinski definition) is 1. The predicted molar refractivity (Wildman–Crippen MR) is 90.3 cm³/mol. The molecule has 0 saturated heterocycles. The quantitative estimate of drug-likeness (QED) is 0.652. The highest BCUT2D eigenvalue weighted by molar-refractivity contribution is 6.30. The minimum atomic E-state index is -0.750. The Morgan fingerprint density at radius 3 is 2.72 bits per heavy atom. The first-order valence-electron chi connectivity index (χ1n) is 7.67. The third kappa shape index (κ3) is 4.28. The Morgan fingerprint density at radius 2 is 1.96 bits per heavy atom. The zero-order valence-electron chi connectivity index (χ0n) is 13.1. The minimum absolute atomic E-state index is 0.0322. The van der Waals surface area contributed by atoms with Crippen molar-refractivity contribution in [3.8, 4) is 5.75 Å². The number of amides is 1. The molecule has 2 aromatic carbocycles. The molecule has 0 aliphatic carbocycles. The van der Waals surface area contributed by atoms with E-state index >= 15 is 0 Å². The normalized spacial score (nSPS) is 15.9. The third-order valence-electron chi connectivity index (χ3n) is 3.75. The van der Waals surface area contributed by atoms with Gasteiger partial charge in [-0.05, 0) is 42.0 Å². The van der Waals surface area contributed by atoms with Crippen LogP contribution in [0.1, 0.15) is 17.9 Å². The molecule has 1 aliphatic rings. The van der Waals surface area contributed by atoms with Gasteiger partial charge in [0.05, 0.1) is 5.92 Å². The lowest BCUT2D eigenvalue weighted by Crippen LogP contribution is -2.29. The van der Waals surface area contributed by atoms with Crippen molar-refractivity contribution >= 4 is 29.2 Å². The Hall–Kier alpha value is -2.60. The van der Waals surface area contributed by atoms with E-state index in [2.05, 4.69) is 5.32 Å². The topological polar surface area (TPSA) is 64.6 Å². The fourth-order valence-electron chi connectivity index (χ4n) is 2.58. The van der Waals surface area contributed by atoms with Crippen molar-refractivity contribution in [2.75, 3.05) is 18.5 Å². The Kier molecular flexibility index (Phi) is 5.19. The van der Waals surface area contributed by atoms with E-state index in [1.54, 1.807) is 24.3 Å². The molecular weight excluding hydrogens is 349 g/mol. The molecule has 1 N–H and O–H groups in total. The van der Waals surface area contributed by atoms with Crippen LogP contribution in [0.3, 0.4) is 0 Å². The van der Waals surface area contributed by atoms with Crippen molar-refractivity contribution in [2.45, 2.75) is 12.3 Å². The number of benzene rings is 2. The van der Waals surface area contributed by atoms with Gasteiger partial charge in [-0.1, -0.05) is 17.7 Å². The molecule has 3 rings (SSSR count). The molecule has 25 heavy (non-hydrogen) atoms. The number of halogens is 2. The second-order valence-corrected chi connectivity index (χ2v) is 5.94. The lowest BCUT2D eigenvalue weighted by molar-refractivity contribution is -0.147. The van der Waals surface area contributed by atoms with Crippen molar-refractivity contribution < 1.29 is 23.5 Å². The zero-order valence-corrected chi connectivity index (χ0v) is 13.9. The average molecular weight is 364 g/mol. The standard InChI is InChI=1S/C18H15ClFNO4/c19-11-1-4-13(5-2-11)24-7-8-25-18(23)15-10-17(22)21-16-9-12(20)3-6-14(15)16/h1-6,9,15H,7-8,10H2,(H,21,22). The maximum absolute atomic E-state index is 13.3. The molecule has 0 bridgehead atoms. The molecule has 0 aromatic heterocycles. The second kappa shape index (κ2) is 7.53. The molecule has 1 aliphatic heterocycles. The second-order valence-electron chi connectivity index (χ2n) is 5.51. The fourth-order valence-corrected chi connectivity index (χ4v) is 2.71. The maximum atomic E-state index is 13.3. The van der Waals surface area contributed by atoms with E-state index in [0.717, 1.165) is 0 Å². The largest absolute Gasteiger partial charge is 0.490 e. The highest BCUT2D eigenvalue weighted by Gasteiger charge is 2.32. The van der Waals surface area contributed by atoms with Crippen molar-refractivity contribution in [2.24, 2.45) is 0 Å². The van der Waals surface area contributed by atoms with E-state index in [0.29, 0.717) is 22.0 Å². The van der Waals surface area contributed by atoms with Gasteiger partial charge in [0.2, 0.25) is 5.91 Å². The molecule has 0 saturated carbocycles. The van der Waals surface area contributed by atoms with Crippen LogP contribution in [0.2, 0.25) is 5.02 Å². The highest BCUT2D eigenvalue weighted by Crippen LogP contribution is 2.33. The van der Waals surface area contributed by atoms with E-state index in [9.17, 15) is 14.0 Å². The number of rotatable bonds is 5. The van der Waals surface area contributed by atoms with Gasteiger partial charge >= 0.3 is 5.97 Å². The van der Waals surface area contributed by atoms with Gasteiger partial charge in [-0.2, -0.15) is 0 Å². The van der Waals surface area contributed by atoms with Gasteiger partial charge in [0, 0.05) is 17.1 Å². The summed E-state index contributed by atoms with van der Waals surface area (Å²) in [6, 6.07) is 10.7. The van der Waals surface area contributed by atoms with Crippen LogP contribution in [0.5, 0.6) is 5.75 Å². The molecular formula is C18H15ClFNO4. The summed E-state index contributed by atoms with van der Waals surface area (Å²) in [4.78, 5) is 24.0. The molecule has 1 unspecified atom stereocenters. The van der Waals surface area contributed by atoms with Crippen LogP contribution in [0.25, 0.3) is 0 Å². The van der Waals surface area contributed by atoms with E-state index in [-0.39, 0.29) is 25.5 Å². The van der Waals surface area contributed by atoms with Crippen molar-refractivity contribution in [3.05, 3.63) is 58.9 Å². The molecule has 1 heterocycles. The van der Waals surface area contributed by atoms with Crippen molar-refractivity contribution in [1.29, 1.82) is 0 Å². The predicted octanol–water partition coefficient (Wildman–Crippen LogP) is 3.53. The minimum Gasteiger partial charge on any atom is -0.490 e. The molecule has 0 fully saturated rings. The van der Waals surface area contributed by atoms with Gasteiger partial charge in [0.25, 0.3) is 0 Å². The third-order valence-corrected chi connectivity index (χ3v) is 4.00. The van der Waals surface area contributed by atoms with E-state index < -0.39 is 17.7 Å². The molecule has 1 amide bonds. The summed E-state index contributed by atoms with van der Waals surface area (Å²) in [5, 5.41) is 3.16. The smallest absolute Gasteiger partial charge is 0.314 e. The average Bonchev–Trinajstić information content (AvgIpc) is 2.59. The first-order valence-corrected chi connectivity index (χ1v) is 8.05. The molecule has 0 radical (unpaired) electrons. The van der Waals surface area contributed by atoms with Gasteiger partial charge in [-0.25, -0.2) is 4.39 Å². The van der Waals surface area contributed by atoms with Crippen LogP contribution in [0, 0.1) is 5.82 Å².